The number of terminal acetylenes is 1. The van der Waals surface area contributed by atoms with Crippen molar-refractivity contribution in [2.45, 2.75) is 31.8 Å². The maximum absolute atomic E-state index is 10.9. The minimum atomic E-state index is -0.940. The van der Waals surface area contributed by atoms with E-state index in [9.17, 15) is 4.79 Å². The Morgan fingerprint density at radius 3 is 2.67 bits per heavy atom. The minimum absolute atomic E-state index is 0.0512. The lowest BCUT2D eigenvalue weighted by Gasteiger charge is -2.11. The number of hydrogen-bond donors (Lipinski definition) is 1. The van der Waals surface area contributed by atoms with Crippen molar-refractivity contribution in [1.29, 1.82) is 0 Å². The van der Waals surface area contributed by atoms with E-state index in [1.165, 1.54) is 5.56 Å². The van der Waals surface area contributed by atoms with E-state index in [-0.39, 0.29) is 6.61 Å². The van der Waals surface area contributed by atoms with E-state index in [0.29, 0.717) is 6.42 Å². The molecule has 0 saturated carbocycles. The summed E-state index contributed by atoms with van der Waals surface area (Å²) in [5.41, 5.74) is 1.27. The first-order chi connectivity index (χ1) is 8.74. The number of aliphatic carboxylic acids is 1. The van der Waals surface area contributed by atoms with Gasteiger partial charge < -0.3 is 9.84 Å². The van der Waals surface area contributed by atoms with Crippen LogP contribution >= 0.6 is 0 Å². The fraction of sp³-hybridized carbons (Fsp3) is 0.400. The molecule has 1 aromatic carbocycles. The van der Waals surface area contributed by atoms with Crippen molar-refractivity contribution in [2.75, 3.05) is 6.61 Å². The molecule has 0 aromatic heterocycles. The molecule has 0 aliphatic rings. The van der Waals surface area contributed by atoms with Crippen LogP contribution in [0.2, 0.25) is 0 Å². The van der Waals surface area contributed by atoms with Crippen molar-refractivity contribution in [2.24, 2.45) is 0 Å². The first kappa shape index (κ1) is 14.3. The largest absolute Gasteiger partial charge is 0.479 e. The summed E-state index contributed by atoms with van der Waals surface area (Å²) in [6.45, 7) is 0.0512. The van der Waals surface area contributed by atoms with E-state index < -0.39 is 12.1 Å². The summed E-state index contributed by atoms with van der Waals surface area (Å²) < 4.78 is 5.07. The van der Waals surface area contributed by atoms with Crippen LogP contribution in [-0.4, -0.2) is 23.8 Å². The Morgan fingerprint density at radius 2 is 2.06 bits per heavy atom. The van der Waals surface area contributed by atoms with Gasteiger partial charge in [0.05, 0.1) is 0 Å². The molecule has 0 aliphatic heterocycles. The minimum Gasteiger partial charge on any atom is -0.479 e. The van der Waals surface area contributed by atoms with Gasteiger partial charge in [-0.05, 0) is 31.2 Å². The number of hydrogen-bond acceptors (Lipinski definition) is 2. The number of carboxylic acids is 1. The molecule has 0 amide bonds. The van der Waals surface area contributed by atoms with Gasteiger partial charge in [0.15, 0.2) is 6.10 Å². The first-order valence-corrected chi connectivity index (χ1v) is 6.06. The van der Waals surface area contributed by atoms with Crippen LogP contribution in [0.4, 0.5) is 0 Å². The Kier molecular flexibility index (Phi) is 6.60. The third-order valence-electron chi connectivity index (χ3n) is 2.67. The van der Waals surface area contributed by atoms with Gasteiger partial charge in [0.2, 0.25) is 0 Å². The number of carboxylic acid groups (broad SMARTS) is 1. The molecule has 3 heteroatoms. The molecule has 0 heterocycles. The van der Waals surface area contributed by atoms with Gasteiger partial charge in [-0.25, -0.2) is 4.79 Å². The van der Waals surface area contributed by atoms with E-state index in [1.807, 2.05) is 18.2 Å². The van der Waals surface area contributed by atoms with Gasteiger partial charge in [-0.15, -0.1) is 6.42 Å². The highest BCUT2D eigenvalue weighted by Gasteiger charge is 2.16. The Bertz CT molecular complexity index is 392. The highest BCUT2D eigenvalue weighted by atomic mass is 16.5. The van der Waals surface area contributed by atoms with Gasteiger partial charge in [-0.3, -0.25) is 0 Å². The predicted molar refractivity (Wildman–Crippen MR) is 70.2 cm³/mol. The Morgan fingerprint density at radius 1 is 1.33 bits per heavy atom. The Labute approximate surface area is 108 Å². The molecule has 18 heavy (non-hydrogen) atoms. The van der Waals surface area contributed by atoms with Crippen molar-refractivity contribution in [3.63, 3.8) is 0 Å². The second-order valence-corrected chi connectivity index (χ2v) is 4.07. The molecule has 1 unspecified atom stereocenters. The van der Waals surface area contributed by atoms with Crippen molar-refractivity contribution < 1.29 is 14.6 Å². The molecule has 0 radical (unpaired) electrons. The molecule has 1 rings (SSSR count). The van der Waals surface area contributed by atoms with E-state index in [1.54, 1.807) is 0 Å². The lowest BCUT2D eigenvalue weighted by molar-refractivity contribution is -0.149. The highest BCUT2D eigenvalue weighted by molar-refractivity contribution is 5.72. The molecule has 1 atom stereocenters. The third kappa shape index (κ3) is 5.51. The number of benzene rings is 1. The van der Waals surface area contributed by atoms with Crippen molar-refractivity contribution in [3.8, 4) is 12.3 Å². The average Bonchev–Trinajstić information content (AvgIpc) is 2.38. The highest BCUT2D eigenvalue weighted by Crippen LogP contribution is 2.09. The summed E-state index contributed by atoms with van der Waals surface area (Å²) in [6, 6.07) is 10.1. The lowest BCUT2D eigenvalue weighted by Crippen LogP contribution is -2.24. The van der Waals surface area contributed by atoms with E-state index in [4.69, 9.17) is 16.3 Å². The molecule has 0 spiro atoms. The first-order valence-electron chi connectivity index (χ1n) is 6.06. The average molecular weight is 246 g/mol. The van der Waals surface area contributed by atoms with Crippen LogP contribution in [0.5, 0.6) is 0 Å². The molecule has 1 aromatic rings. The molecular formula is C15H18O3. The summed E-state index contributed by atoms with van der Waals surface area (Å²) in [4.78, 5) is 10.9. The smallest absolute Gasteiger partial charge is 0.332 e. The summed E-state index contributed by atoms with van der Waals surface area (Å²) in [5.74, 6) is 1.34. The van der Waals surface area contributed by atoms with Crippen LogP contribution in [0.1, 0.15) is 24.8 Å². The van der Waals surface area contributed by atoms with Gasteiger partial charge in [0, 0.05) is 0 Å². The molecule has 3 nitrogen and oxygen atoms in total. The topological polar surface area (TPSA) is 46.5 Å². The number of rotatable bonds is 8. The summed E-state index contributed by atoms with van der Waals surface area (Å²) >= 11 is 0. The van der Waals surface area contributed by atoms with Gasteiger partial charge in [0.1, 0.15) is 6.61 Å². The third-order valence-corrected chi connectivity index (χ3v) is 2.67. The van der Waals surface area contributed by atoms with Crippen molar-refractivity contribution in [3.05, 3.63) is 35.9 Å². The van der Waals surface area contributed by atoms with Crippen LogP contribution in [0.25, 0.3) is 0 Å². The second-order valence-electron chi connectivity index (χ2n) is 4.07. The van der Waals surface area contributed by atoms with Crippen molar-refractivity contribution in [1.82, 2.24) is 0 Å². The van der Waals surface area contributed by atoms with Crippen molar-refractivity contribution >= 4 is 5.97 Å². The van der Waals surface area contributed by atoms with Crippen LogP contribution in [0.15, 0.2) is 30.3 Å². The maximum atomic E-state index is 10.9. The number of carbonyl (C=O) groups is 1. The van der Waals surface area contributed by atoms with Gasteiger partial charge in [-0.2, -0.15) is 0 Å². The lowest BCUT2D eigenvalue weighted by atomic mass is 10.1. The standard InChI is InChI=1S/C15H18O3/c1-2-12-18-14(15(16)17)11-7-6-10-13-8-4-3-5-9-13/h1,3-5,8-9,14H,6-7,10-12H2,(H,16,17). The fourth-order valence-corrected chi connectivity index (χ4v) is 1.73. The zero-order valence-electron chi connectivity index (χ0n) is 10.3. The fourth-order valence-electron chi connectivity index (χ4n) is 1.73. The van der Waals surface area contributed by atoms with Gasteiger partial charge >= 0.3 is 5.97 Å². The molecule has 1 N–H and O–H groups in total. The second kappa shape index (κ2) is 8.32. The number of aryl methyl sites for hydroxylation is 1. The normalized spacial score (nSPS) is 11.7. The van der Waals surface area contributed by atoms with E-state index >= 15 is 0 Å². The maximum Gasteiger partial charge on any atom is 0.332 e. The molecule has 0 saturated heterocycles. The molecule has 0 bridgehead atoms. The summed E-state index contributed by atoms with van der Waals surface area (Å²) in [7, 11) is 0. The van der Waals surface area contributed by atoms with Gasteiger partial charge in [0.25, 0.3) is 0 Å². The van der Waals surface area contributed by atoms with Gasteiger partial charge in [-0.1, -0.05) is 36.3 Å². The monoisotopic (exact) mass is 246 g/mol. The number of ether oxygens (including phenoxy) is 1. The molecule has 0 aliphatic carbocycles. The zero-order chi connectivity index (χ0) is 13.2. The molecule has 0 fully saturated rings. The molecular weight excluding hydrogens is 228 g/mol. The van der Waals surface area contributed by atoms with Crippen LogP contribution in [0, 0.1) is 12.3 Å². The number of unbranched alkanes of at least 4 members (excludes halogenated alkanes) is 1. The Balaban J connectivity index is 2.23. The van der Waals surface area contributed by atoms with E-state index in [0.717, 1.165) is 19.3 Å². The zero-order valence-corrected chi connectivity index (χ0v) is 10.3. The quantitative estimate of drug-likeness (QED) is 0.566. The van der Waals surface area contributed by atoms with E-state index in [2.05, 4.69) is 18.1 Å². The summed E-state index contributed by atoms with van der Waals surface area (Å²) in [6.07, 6.45) is 7.49. The summed E-state index contributed by atoms with van der Waals surface area (Å²) in [5, 5.41) is 8.92. The van der Waals surface area contributed by atoms with Crippen LogP contribution in [-0.2, 0) is 16.0 Å². The Hall–Kier alpha value is -1.79. The predicted octanol–water partition coefficient (Wildman–Crippen LogP) is 2.50. The van der Waals surface area contributed by atoms with Crippen LogP contribution in [0.3, 0.4) is 0 Å². The molecule has 96 valence electrons. The SMILES string of the molecule is C#CCOC(CCCCc1ccccc1)C(=O)O. The van der Waals surface area contributed by atoms with Crippen LogP contribution < -0.4 is 0 Å².